The van der Waals surface area contributed by atoms with Crippen molar-refractivity contribution >= 4 is 5.78 Å². The Morgan fingerprint density at radius 3 is 2.62 bits per heavy atom. The summed E-state index contributed by atoms with van der Waals surface area (Å²) in [6.07, 6.45) is 11.9. The van der Waals surface area contributed by atoms with Crippen LogP contribution in [-0.2, 0) is 17.6 Å². The quantitative estimate of drug-likeness (QED) is 0.600. The molecule has 3 rings (SSSR count). The summed E-state index contributed by atoms with van der Waals surface area (Å²) in [5.41, 5.74) is 2.77. The van der Waals surface area contributed by atoms with Crippen molar-refractivity contribution in [3.8, 4) is 5.75 Å². The van der Waals surface area contributed by atoms with Crippen LogP contribution in [0.2, 0.25) is 0 Å². The lowest BCUT2D eigenvalue weighted by atomic mass is 9.73. The average Bonchev–Trinajstić information content (AvgIpc) is 2.90. The Kier molecular flexibility index (Phi) is 5.97. The fourth-order valence-corrected chi connectivity index (χ4v) is 4.92. The second-order valence-corrected chi connectivity index (χ2v) is 7.76. The third kappa shape index (κ3) is 3.68. The molecule has 2 aliphatic rings. The maximum atomic E-state index is 12.6. The molecule has 1 aromatic rings. The van der Waals surface area contributed by atoms with Crippen LogP contribution in [0.4, 0.5) is 0 Å². The van der Waals surface area contributed by atoms with E-state index in [-0.39, 0.29) is 0 Å². The van der Waals surface area contributed by atoms with Crippen molar-refractivity contribution in [1.82, 2.24) is 0 Å². The van der Waals surface area contributed by atoms with Gasteiger partial charge in [-0.3, -0.25) is 4.79 Å². The highest BCUT2D eigenvalue weighted by Crippen LogP contribution is 2.46. The summed E-state index contributed by atoms with van der Waals surface area (Å²) in [6, 6.07) is 6.39. The first-order chi connectivity index (χ1) is 11.7. The van der Waals surface area contributed by atoms with Crippen molar-refractivity contribution < 1.29 is 9.53 Å². The van der Waals surface area contributed by atoms with Crippen molar-refractivity contribution in [2.24, 2.45) is 17.8 Å². The number of ether oxygens (including phenoxy) is 1. The molecule has 0 saturated heterocycles. The summed E-state index contributed by atoms with van der Waals surface area (Å²) in [4.78, 5) is 12.6. The van der Waals surface area contributed by atoms with Crippen LogP contribution in [0.5, 0.6) is 5.75 Å². The molecule has 2 heteroatoms. The molecule has 1 aromatic carbocycles. The molecule has 24 heavy (non-hydrogen) atoms. The van der Waals surface area contributed by atoms with Gasteiger partial charge in [-0.1, -0.05) is 57.6 Å². The van der Waals surface area contributed by atoms with E-state index in [1.165, 1.54) is 49.7 Å². The van der Waals surface area contributed by atoms with Gasteiger partial charge in [-0.2, -0.15) is 0 Å². The first kappa shape index (κ1) is 17.5. The summed E-state index contributed by atoms with van der Waals surface area (Å²) in [6.45, 7) is 2.26. The van der Waals surface area contributed by atoms with Crippen LogP contribution in [-0.4, -0.2) is 12.9 Å². The molecule has 0 amide bonds. The van der Waals surface area contributed by atoms with Gasteiger partial charge in [-0.15, -0.1) is 0 Å². The van der Waals surface area contributed by atoms with Crippen LogP contribution in [0.25, 0.3) is 0 Å². The molecule has 0 bridgehead atoms. The van der Waals surface area contributed by atoms with Gasteiger partial charge in [0.05, 0.1) is 7.11 Å². The number of carbonyl (C=O) groups is 1. The topological polar surface area (TPSA) is 26.3 Å². The number of hydrogen-bond donors (Lipinski definition) is 0. The van der Waals surface area contributed by atoms with E-state index in [0.717, 1.165) is 31.4 Å². The lowest BCUT2D eigenvalue weighted by Crippen LogP contribution is -2.26. The van der Waals surface area contributed by atoms with Crippen LogP contribution in [0, 0.1) is 17.8 Å². The van der Waals surface area contributed by atoms with Gasteiger partial charge in [-0.25, -0.2) is 0 Å². The van der Waals surface area contributed by atoms with Crippen LogP contribution in [0.15, 0.2) is 18.2 Å². The van der Waals surface area contributed by atoms with Gasteiger partial charge >= 0.3 is 0 Å². The zero-order valence-electron chi connectivity index (χ0n) is 15.4. The summed E-state index contributed by atoms with van der Waals surface area (Å²) in [5.74, 6) is 2.99. The van der Waals surface area contributed by atoms with E-state index in [1.54, 1.807) is 7.11 Å². The molecule has 0 aromatic heterocycles. The minimum absolute atomic E-state index is 0.320. The molecule has 0 spiro atoms. The Morgan fingerprint density at radius 2 is 1.83 bits per heavy atom. The number of fused-ring (bicyclic) bond motifs is 2. The van der Waals surface area contributed by atoms with Gasteiger partial charge in [0.1, 0.15) is 11.5 Å². The number of benzene rings is 1. The van der Waals surface area contributed by atoms with Crippen LogP contribution >= 0.6 is 0 Å². The number of methoxy groups -OCH3 is 1. The molecule has 1 fully saturated rings. The molecule has 0 heterocycles. The molecule has 3 atom stereocenters. The third-order valence-electron chi connectivity index (χ3n) is 6.24. The normalized spacial score (nSPS) is 25.4. The molecule has 132 valence electrons. The van der Waals surface area contributed by atoms with E-state index in [1.807, 2.05) is 0 Å². The first-order valence-electron chi connectivity index (χ1n) is 9.92. The van der Waals surface area contributed by atoms with Gasteiger partial charge in [0.15, 0.2) is 0 Å². The van der Waals surface area contributed by atoms with Gasteiger partial charge in [0.25, 0.3) is 0 Å². The monoisotopic (exact) mass is 328 g/mol. The third-order valence-corrected chi connectivity index (χ3v) is 6.24. The fourth-order valence-electron chi connectivity index (χ4n) is 4.92. The number of ketones is 1. The fraction of sp³-hybridized carbons (Fsp3) is 0.682. The lowest BCUT2D eigenvalue weighted by molar-refractivity contribution is -0.121. The predicted octanol–water partition coefficient (Wildman–Crippen LogP) is 5.37. The summed E-state index contributed by atoms with van der Waals surface area (Å²) in [5, 5.41) is 0. The molecule has 0 N–H and O–H groups in total. The van der Waals surface area contributed by atoms with Crippen molar-refractivity contribution in [1.29, 1.82) is 0 Å². The number of rotatable bonds is 8. The number of Topliss-reactive ketones (excluding diaryl/α,β-unsaturated/α-hetero) is 1. The minimum atomic E-state index is 0.320. The molecule has 2 aliphatic carbocycles. The van der Waals surface area contributed by atoms with Crippen LogP contribution < -0.4 is 4.74 Å². The molecule has 0 aliphatic heterocycles. The standard InChI is InChI=1S/C22H32O2/c1-3-4-5-6-7-8-11-18-19-13-16-10-9-12-22(24-2)20(16)14-17(19)15-21(18)23/h9-10,12,17-19H,3-8,11,13-15H2,1-2H3/t17-,18?,19-/m1/s1. The minimum Gasteiger partial charge on any atom is -0.496 e. The van der Waals surface area contributed by atoms with Crippen molar-refractivity contribution in [3.05, 3.63) is 29.3 Å². The Morgan fingerprint density at radius 1 is 1.04 bits per heavy atom. The first-order valence-corrected chi connectivity index (χ1v) is 9.92. The molecular formula is C22H32O2. The maximum Gasteiger partial charge on any atom is 0.136 e. The van der Waals surface area contributed by atoms with Gasteiger partial charge < -0.3 is 4.74 Å². The zero-order chi connectivity index (χ0) is 16.9. The summed E-state index contributed by atoms with van der Waals surface area (Å²) < 4.78 is 5.54. The molecule has 1 saturated carbocycles. The van der Waals surface area contributed by atoms with Crippen molar-refractivity contribution in [3.63, 3.8) is 0 Å². The lowest BCUT2D eigenvalue weighted by Gasteiger charge is -2.31. The highest BCUT2D eigenvalue weighted by atomic mass is 16.5. The Bertz CT molecular complexity index is 563. The summed E-state index contributed by atoms with van der Waals surface area (Å²) >= 11 is 0. The van der Waals surface area contributed by atoms with E-state index in [4.69, 9.17) is 4.74 Å². The highest BCUT2D eigenvalue weighted by Gasteiger charge is 2.44. The maximum absolute atomic E-state index is 12.6. The van der Waals surface area contributed by atoms with E-state index in [0.29, 0.717) is 23.5 Å². The average molecular weight is 328 g/mol. The molecular weight excluding hydrogens is 296 g/mol. The predicted molar refractivity (Wildman–Crippen MR) is 98.5 cm³/mol. The largest absolute Gasteiger partial charge is 0.496 e. The highest BCUT2D eigenvalue weighted by molar-refractivity contribution is 5.84. The number of unbranched alkanes of at least 4 members (excludes halogenated alkanes) is 5. The van der Waals surface area contributed by atoms with Crippen molar-refractivity contribution in [2.45, 2.75) is 71.1 Å². The number of carbonyl (C=O) groups excluding carboxylic acids is 1. The Hall–Kier alpha value is -1.31. The van der Waals surface area contributed by atoms with Crippen LogP contribution in [0.3, 0.4) is 0 Å². The second-order valence-electron chi connectivity index (χ2n) is 7.76. The second kappa shape index (κ2) is 8.18. The zero-order valence-corrected chi connectivity index (χ0v) is 15.4. The van der Waals surface area contributed by atoms with E-state index in [9.17, 15) is 4.79 Å². The van der Waals surface area contributed by atoms with Gasteiger partial charge in [-0.05, 0) is 48.3 Å². The van der Waals surface area contributed by atoms with E-state index < -0.39 is 0 Å². The number of hydrogen-bond acceptors (Lipinski definition) is 2. The Labute approximate surface area is 147 Å². The van der Waals surface area contributed by atoms with Crippen molar-refractivity contribution in [2.75, 3.05) is 7.11 Å². The molecule has 2 nitrogen and oxygen atoms in total. The SMILES string of the molecule is CCCCCCCCC1C(=O)C[C@H]2Cc3c(cccc3OC)C[C@@H]12. The summed E-state index contributed by atoms with van der Waals surface area (Å²) in [7, 11) is 1.75. The Balaban J connectivity index is 1.59. The van der Waals surface area contributed by atoms with Gasteiger partial charge in [0, 0.05) is 12.3 Å². The molecule has 1 unspecified atom stereocenters. The van der Waals surface area contributed by atoms with Crippen LogP contribution in [0.1, 0.15) is 69.4 Å². The van der Waals surface area contributed by atoms with E-state index in [2.05, 4.69) is 25.1 Å². The van der Waals surface area contributed by atoms with E-state index >= 15 is 0 Å². The van der Waals surface area contributed by atoms with Gasteiger partial charge in [0.2, 0.25) is 0 Å². The smallest absolute Gasteiger partial charge is 0.136 e. The molecule has 0 radical (unpaired) electrons.